The lowest BCUT2D eigenvalue weighted by Gasteiger charge is -2.32. The lowest BCUT2D eigenvalue weighted by molar-refractivity contribution is -0.141. The zero-order valence-electron chi connectivity index (χ0n) is 17.5. The fourth-order valence-corrected chi connectivity index (χ4v) is 3.58. The highest BCUT2D eigenvalue weighted by Crippen LogP contribution is 2.22. The van der Waals surface area contributed by atoms with Crippen molar-refractivity contribution in [2.75, 3.05) is 26.3 Å². The van der Waals surface area contributed by atoms with Crippen molar-refractivity contribution in [3.8, 4) is 11.5 Å². The van der Waals surface area contributed by atoms with E-state index in [1.807, 2.05) is 43.3 Å². The van der Waals surface area contributed by atoms with Crippen molar-refractivity contribution in [3.63, 3.8) is 0 Å². The Hall–Kier alpha value is -3.79. The van der Waals surface area contributed by atoms with Crippen LogP contribution in [0.3, 0.4) is 0 Å². The number of hydrogen-bond donors (Lipinski definition) is 0. The third-order valence-electron chi connectivity index (χ3n) is 5.29. The standard InChI is InChI=1S/C22H22N6O4/c1-15-19(24-22(32-15)16-6-3-2-4-7-16)12-20(29)27-10-11-30-17(13-27)14-31-28-21-18(25-26-28)8-5-9-23-21/h2-9,17H,10-14H2,1H3. The molecule has 1 aromatic carbocycles. The van der Waals surface area contributed by atoms with Gasteiger partial charge in [-0.2, -0.15) is 0 Å². The van der Waals surface area contributed by atoms with Crippen LogP contribution >= 0.6 is 0 Å². The number of nitrogens with zero attached hydrogens (tertiary/aromatic N) is 6. The third kappa shape index (κ3) is 4.17. The Labute approximate surface area is 183 Å². The van der Waals surface area contributed by atoms with E-state index in [2.05, 4.69) is 20.3 Å². The van der Waals surface area contributed by atoms with Crippen molar-refractivity contribution in [2.24, 2.45) is 0 Å². The molecule has 1 unspecified atom stereocenters. The molecule has 10 nitrogen and oxygen atoms in total. The maximum atomic E-state index is 12.9. The summed E-state index contributed by atoms with van der Waals surface area (Å²) in [5.41, 5.74) is 2.71. The lowest BCUT2D eigenvalue weighted by atomic mass is 10.2. The van der Waals surface area contributed by atoms with E-state index in [0.717, 1.165) is 5.56 Å². The number of rotatable bonds is 6. The van der Waals surface area contributed by atoms with Gasteiger partial charge in [0.1, 0.15) is 24.0 Å². The fraction of sp³-hybridized carbons (Fsp3) is 0.318. The van der Waals surface area contributed by atoms with E-state index in [-0.39, 0.29) is 25.0 Å². The molecule has 1 atom stereocenters. The van der Waals surface area contributed by atoms with Gasteiger partial charge in [-0.15, -0.1) is 5.10 Å². The zero-order valence-corrected chi connectivity index (χ0v) is 17.5. The summed E-state index contributed by atoms with van der Waals surface area (Å²) >= 11 is 0. The number of hydrogen-bond acceptors (Lipinski definition) is 8. The number of aryl methyl sites for hydroxylation is 1. The molecule has 0 saturated carbocycles. The zero-order chi connectivity index (χ0) is 21.9. The van der Waals surface area contributed by atoms with E-state index >= 15 is 0 Å². The second-order valence-electron chi connectivity index (χ2n) is 7.50. The Balaban J connectivity index is 1.20. The number of benzene rings is 1. The molecular weight excluding hydrogens is 412 g/mol. The quantitative estimate of drug-likeness (QED) is 0.451. The van der Waals surface area contributed by atoms with Crippen LogP contribution in [-0.2, 0) is 16.0 Å². The highest BCUT2D eigenvalue weighted by Gasteiger charge is 2.27. The van der Waals surface area contributed by atoms with Crippen molar-refractivity contribution in [1.29, 1.82) is 0 Å². The molecule has 3 aromatic heterocycles. The van der Waals surface area contributed by atoms with E-state index in [0.29, 0.717) is 48.2 Å². The Bertz CT molecular complexity index is 1220. The van der Waals surface area contributed by atoms with Gasteiger partial charge in [0.15, 0.2) is 0 Å². The molecule has 1 aliphatic rings. The third-order valence-corrected chi connectivity index (χ3v) is 5.29. The molecule has 4 heterocycles. The Kier molecular flexibility index (Phi) is 5.51. The first-order chi connectivity index (χ1) is 15.7. The first-order valence-corrected chi connectivity index (χ1v) is 10.4. The molecule has 0 spiro atoms. The molecule has 5 rings (SSSR count). The summed E-state index contributed by atoms with van der Waals surface area (Å²) in [7, 11) is 0. The summed E-state index contributed by atoms with van der Waals surface area (Å²) < 4.78 is 11.5. The first kappa shape index (κ1) is 20.1. The van der Waals surface area contributed by atoms with E-state index in [1.165, 1.54) is 4.85 Å². The molecule has 32 heavy (non-hydrogen) atoms. The molecule has 1 saturated heterocycles. The van der Waals surface area contributed by atoms with Crippen LogP contribution in [0.4, 0.5) is 0 Å². The Morgan fingerprint density at radius 1 is 1.22 bits per heavy atom. The van der Waals surface area contributed by atoms with Gasteiger partial charge >= 0.3 is 0 Å². The van der Waals surface area contributed by atoms with Gasteiger partial charge in [0.25, 0.3) is 0 Å². The molecular formula is C22H22N6O4. The second-order valence-corrected chi connectivity index (χ2v) is 7.50. The van der Waals surface area contributed by atoms with Crippen LogP contribution in [-0.4, -0.2) is 68.3 Å². The number of aromatic nitrogens is 5. The van der Waals surface area contributed by atoms with Gasteiger partial charge in [0.05, 0.1) is 25.3 Å². The monoisotopic (exact) mass is 434 g/mol. The van der Waals surface area contributed by atoms with Crippen molar-refractivity contribution < 1.29 is 18.8 Å². The number of amides is 1. The molecule has 1 fully saturated rings. The molecule has 0 radical (unpaired) electrons. The van der Waals surface area contributed by atoms with E-state index < -0.39 is 0 Å². The summed E-state index contributed by atoms with van der Waals surface area (Å²) in [5, 5.41) is 7.96. The highest BCUT2D eigenvalue weighted by molar-refractivity contribution is 5.79. The molecule has 10 heteroatoms. The van der Waals surface area contributed by atoms with E-state index in [1.54, 1.807) is 17.2 Å². The van der Waals surface area contributed by atoms with Gasteiger partial charge in [0.2, 0.25) is 17.4 Å². The van der Waals surface area contributed by atoms with Gasteiger partial charge in [0, 0.05) is 18.3 Å². The lowest BCUT2D eigenvalue weighted by Crippen LogP contribution is -2.48. The highest BCUT2D eigenvalue weighted by atomic mass is 16.7. The normalized spacial score (nSPS) is 16.4. The summed E-state index contributed by atoms with van der Waals surface area (Å²) in [6.07, 6.45) is 1.54. The maximum absolute atomic E-state index is 12.9. The molecule has 1 amide bonds. The fourth-order valence-electron chi connectivity index (χ4n) is 3.58. The van der Waals surface area contributed by atoms with Crippen molar-refractivity contribution >= 4 is 17.1 Å². The van der Waals surface area contributed by atoms with Gasteiger partial charge in [-0.3, -0.25) is 4.79 Å². The smallest absolute Gasteiger partial charge is 0.228 e. The number of carbonyl (C=O) groups excluding carboxylic acids is 1. The molecule has 1 aliphatic heterocycles. The summed E-state index contributed by atoms with van der Waals surface area (Å²) in [6, 6.07) is 13.2. The number of carbonyl (C=O) groups is 1. The predicted molar refractivity (Wildman–Crippen MR) is 113 cm³/mol. The average molecular weight is 434 g/mol. The van der Waals surface area contributed by atoms with E-state index in [9.17, 15) is 4.79 Å². The Morgan fingerprint density at radius 2 is 2.09 bits per heavy atom. The predicted octanol–water partition coefficient (Wildman–Crippen LogP) is 1.69. The first-order valence-electron chi connectivity index (χ1n) is 10.4. The van der Waals surface area contributed by atoms with Gasteiger partial charge < -0.3 is 18.9 Å². The van der Waals surface area contributed by atoms with Crippen molar-refractivity contribution in [1.82, 2.24) is 30.0 Å². The van der Waals surface area contributed by atoms with Gasteiger partial charge in [-0.1, -0.05) is 23.0 Å². The van der Waals surface area contributed by atoms with Crippen LogP contribution in [0.5, 0.6) is 0 Å². The topological polar surface area (TPSA) is 108 Å². The summed E-state index contributed by atoms with van der Waals surface area (Å²) in [5.74, 6) is 1.14. The Morgan fingerprint density at radius 3 is 2.97 bits per heavy atom. The minimum Gasteiger partial charge on any atom is -0.441 e. The van der Waals surface area contributed by atoms with Crippen LogP contribution in [0.25, 0.3) is 22.6 Å². The molecule has 0 bridgehead atoms. The van der Waals surface area contributed by atoms with Crippen LogP contribution in [0, 0.1) is 6.92 Å². The summed E-state index contributed by atoms with van der Waals surface area (Å²) in [6.45, 7) is 3.42. The maximum Gasteiger partial charge on any atom is 0.228 e. The van der Waals surface area contributed by atoms with Crippen molar-refractivity contribution in [3.05, 3.63) is 60.1 Å². The summed E-state index contributed by atoms with van der Waals surface area (Å²) in [4.78, 5) is 30.4. The van der Waals surface area contributed by atoms with Gasteiger partial charge in [-0.05, 0) is 36.4 Å². The SMILES string of the molecule is Cc1oc(-c2ccccc2)nc1CC(=O)N1CCOC(COn2nnc3cccnc32)C1. The van der Waals surface area contributed by atoms with Crippen LogP contribution in [0.1, 0.15) is 11.5 Å². The molecule has 164 valence electrons. The van der Waals surface area contributed by atoms with Crippen LogP contribution in [0.2, 0.25) is 0 Å². The molecule has 0 N–H and O–H groups in total. The number of ether oxygens (including phenoxy) is 1. The molecule has 0 aliphatic carbocycles. The molecule has 4 aromatic rings. The largest absolute Gasteiger partial charge is 0.441 e. The number of oxazole rings is 1. The van der Waals surface area contributed by atoms with E-state index in [4.69, 9.17) is 14.0 Å². The second kappa shape index (κ2) is 8.75. The minimum atomic E-state index is -0.283. The average Bonchev–Trinajstić information content (AvgIpc) is 3.42. The van der Waals surface area contributed by atoms with Crippen LogP contribution < -0.4 is 4.84 Å². The number of fused-ring (bicyclic) bond motifs is 1. The van der Waals surface area contributed by atoms with Crippen molar-refractivity contribution in [2.45, 2.75) is 19.4 Å². The number of morpholine rings is 1. The number of pyridine rings is 1. The van der Waals surface area contributed by atoms with Gasteiger partial charge in [-0.25, -0.2) is 9.97 Å². The van der Waals surface area contributed by atoms with Crippen LogP contribution in [0.15, 0.2) is 53.1 Å². The minimum absolute atomic E-state index is 0.0258.